The van der Waals surface area contributed by atoms with Crippen LogP contribution in [0.15, 0.2) is 0 Å². The van der Waals surface area contributed by atoms with Crippen molar-refractivity contribution in [3.05, 3.63) is 0 Å². The van der Waals surface area contributed by atoms with Crippen LogP contribution in [0.25, 0.3) is 0 Å². The molecule has 1 saturated heterocycles. The van der Waals surface area contributed by atoms with E-state index < -0.39 is 0 Å². The summed E-state index contributed by atoms with van der Waals surface area (Å²) in [7, 11) is 0. The molecule has 0 spiro atoms. The SMILES string of the molecule is CC1(C(=O)NCCC2CCCC2)CCCNC1. The van der Waals surface area contributed by atoms with E-state index in [0.29, 0.717) is 0 Å². The molecule has 0 aromatic heterocycles. The fraction of sp³-hybridized carbons (Fsp3) is 0.929. The molecule has 1 aliphatic heterocycles. The van der Waals surface area contributed by atoms with Crippen molar-refractivity contribution < 1.29 is 4.79 Å². The van der Waals surface area contributed by atoms with Gasteiger partial charge in [-0.15, -0.1) is 0 Å². The lowest BCUT2D eigenvalue weighted by atomic mass is 9.82. The van der Waals surface area contributed by atoms with Gasteiger partial charge < -0.3 is 10.6 Å². The van der Waals surface area contributed by atoms with Crippen molar-refractivity contribution in [2.45, 2.75) is 51.9 Å². The molecule has 2 N–H and O–H groups in total. The Hall–Kier alpha value is -0.570. The molecular weight excluding hydrogens is 212 g/mol. The second-order valence-corrected chi connectivity index (χ2v) is 6.04. The van der Waals surface area contributed by atoms with Crippen molar-refractivity contribution in [1.29, 1.82) is 0 Å². The Balaban J connectivity index is 1.68. The van der Waals surface area contributed by atoms with Crippen LogP contribution in [0.4, 0.5) is 0 Å². The summed E-state index contributed by atoms with van der Waals surface area (Å²) in [4.78, 5) is 12.1. The van der Waals surface area contributed by atoms with Crippen LogP contribution < -0.4 is 10.6 Å². The molecule has 1 saturated carbocycles. The lowest BCUT2D eigenvalue weighted by molar-refractivity contribution is -0.131. The van der Waals surface area contributed by atoms with E-state index in [2.05, 4.69) is 17.6 Å². The van der Waals surface area contributed by atoms with Crippen LogP contribution in [0.3, 0.4) is 0 Å². The molecule has 0 bridgehead atoms. The topological polar surface area (TPSA) is 41.1 Å². The molecule has 0 aromatic carbocycles. The fourth-order valence-electron chi connectivity index (χ4n) is 3.15. The van der Waals surface area contributed by atoms with E-state index in [0.717, 1.165) is 38.4 Å². The Morgan fingerprint density at radius 2 is 2.12 bits per heavy atom. The van der Waals surface area contributed by atoms with Gasteiger partial charge in [-0.05, 0) is 38.6 Å². The minimum Gasteiger partial charge on any atom is -0.356 e. The monoisotopic (exact) mass is 238 g/mol. The van der Waals surface area contributed by atoms with Crippen LogP contribution in [0.2, 0.25) is 0 Å². The van der Waals surface area contributed by atoms with Gasteiger partial charge in [0.1, 0.15) is 0 Å². The highest BCUT2D eigenvalue weighted by molar-refractivity contribution is 5.82. The first kappa shape index (κ1) is 12.9. The molecule has 1 unspecified atom stereocenters. The highest BCUT2D eigenvalue weighted by Gasteiger charge is 2.34. The van der Waals surface area contributed by atoms with Crippen molar-refractivity contribution in [3.8, 4) is 0 Å². The average Bonchev–Trinajstić information content (AvgIpc) is 2.83. The first-order valence-electron chi connectivity index (χ1n) is 7.20. The number of rotatable bonds is 4. The standard InChI is InChI=1S/C14H26N2O/c1-14(8-4-9-15-11-14)13(17)16-10-7-12-5-2-3-6-12/h12,15H,2-11H2,1H3,(H,16,17). The molecule has 17 heavy (non-hydrogen) atoms. The lowest BCUT2D eigenvalue weighted by Gasteiger charge is -2.32. The Labute approximate surface area is 105 Å². The van der Waals surface area contributed by atoms with E-state index in [4.69, 9.17) is 0 Å². The maximum atomic E-state index is 12.1. The Kier molecular flexibility index (Phi) is 4.43. The predicted octanol–water partition coefficient (Wildman–Crippen LogP) is 2.07. The number of piperidine rings is 1. The minimum atomic E-state index is -0.173. The summed E-state index contributed by atoms with van der Waals surface area (Å²) in [5.41, 5.74) is -0.173. The molecule has 0 radical (unpaired) electrons. The highest BCUT2D eigenvalue weighted by Crippen LogP contribution is 2.28. The molecule has 2 rings (SSSR count). The molecule has 0 aromatic rings. The van der Waals surface area contributed by atoms with Crippen molar-refractivity contribution in [2.75, 3.05) is 19.6 Å². The van der Waals surface area contributed by atoms with E-state index in [1.807, 2.05) is 0 Å². The van der Waals surface area contributed by atoms with Crippen molar-refractivity contribution >= 4 is 5.91 Å². The molecule has 3 heteroatoms. The van der Waals surface area contributed by atoms with Crippen molar-refractivity contribution in [2.24, 2.45) is 11.3 Å². The number of amides is 1. The molecular formula is C14H26N2O. The third kappa shape index (κ3) is 3.44. The average molecular weight is 238 g/mol. The summed E-state index contributed by atoms with van der Waals surface area (Å²) in [5.74, 6) is 1.12. The Bertz CT molecular complexity index is 253. The Morgan fingerprint density at radius 1 is 1.35 bits per heavy atom. The minimum absolute atomic E-state index is 0.173. The van der Waals surface area contributed by atoms with Gasteiger partial charge in [0, 0.05) is 13.1 Å². The lowest BCUT2D eigenvalue weighted by Crippen LogP contribution is -2.48. The van der Waals surface area contributed by atoms with E-state index in [1.165, 1.54) is 32.1 Å². The third-order valence-corrected chi connectivity index (χ3v) is 4.46. The Morgan fingerprint density at radius 3 is 2.76 bits per heavy atom. The quantitative estimate of drug-likeness (QED) is 0.787. The number of hydrogen-bond acceptors (Lipinski definition) is 2. The highest BCUT2D eigenvalue weighted by atomic mass is 16.2. The molecule has 1 atom stereocenters. The van der Waals surface area contributed by atoms with E-state index >= 15 is 0 Å². The zero-order valence-electron chi connectivity index (χ0n) is 11.1. The predicted molar refractivity (Wildman–Crippen MR) is 69.8 cm³/mol. The summed E-state index contributed by atoms with van der Waals surface area (Å²) in [6.45, 7) is 4.86. The van der Waals surface area contributed by atoms with Crippen molar-refractivity contribution in [3.63, 3.8) is 0 Å². The van der Waals surface area contributed by atoms with Crippen LogP contribution in [0.5, 0.6) is 0 Å². The normalized spacial score (nSPS) is 30.4. The number of hydrogen-bond donors (Lipinski definition) is 2. The molecule has 1 amide bonds. The van der Waals surface area contributed by atoms with E-state index in [1.54, 1.807) is 0 Å². The van der Waals surface area contributed by atoms with Crippen LogP contribution in [-0.4, -0.2) is 25.5 Å². The van der Waals surface area contributed by atoms with Gasteiger partial charge in [-0.2, -0.15) is 0 Å². The van der Waals surface area contributed by atoms with E-state index in [9.17, 15) is 4.79 Å². The van der Waals surface area contributed by atoms with Gasteiger partial charge in [-0.3, -0.25) is 4.79 Å². The maximum absolute atomic E-state index is 12.1. The van der Waals surface area contributed by atoms with Gasteiger partial charge in [0.05, 0.1) is 5.41 Å². The third-order valence-electron chi connectivity index (χ3n) is 4.46. The second kappa shape index (κ2) is 5.85. The van der Waals surface area contributed by atoms with Crippen LogP contribution in [-0.2, 0) is 4.79 Å². The molecule has 1 aliphatic carbocycles. The molecule has 98 valence electrons. The first-order valence-corrected chi connectivity index (χ1v) is 7.20. The smallest absolute Gasteiger partial charge is 0.227 e. The zero-order valence-corrected chi connectivity index (χ0v) is 11.1. The summed E-state index contributed by atoms with van der Waals surface area (Å²) >= 11 is 0. The van der Waals surface area contributed by atoms with Crippen LogP contribution in [0, 0.1) is 11.3 Å². The van der Waals surface area contributed by atoms with Crippen molar-refractivity contribution in [1.82, 2.24) is 10.6 Å². The van der Waals surface area contributed by atoms with Gasteiger partial charge in [-0.25, -0.2) is 0 Å². The molecule has 2 fully saturated rings. The van der Waals surface area contributed by atoms with Gasteiger partial charge >= 0.3 is 0 Å². The van der Waals surface area contributed by atoms with E-state index in [-0.39, 0.29) is 11.3 Å². The molecule has 2 aliphatic rings. The van der Waals surface area contributed by atoms with Gasteiger partial charge in [0.25, 0.3) is 0 Å². The second-order valence-electron chi connectivity index (χ2n) is 6.04. The van der Waals surface area contributed by atoms with Gasteiger partial charge in [0.2, 0.25) is 5.91 Å². The summed E-state index contributed by atoms with van der Waals surface area (Å²) in [6.07, 6.45) is 8.83. The number of carbonyl (C=O) groups excluding carboxylic acids is 1. The van der Waals surface area contributed by atoms with Gasteiger partial charge in [-0.1, -0.05) is 25.7 Å². The zero-order chi connectivity index (χ0) is 12.1. The van der Waals surface area contributed by atoms with Crippen LogP contribution >= 0.6 is 0 Å². The summed E-state index contributed by atoms with van der Waals surface area (Å²) in [6, 6.07) is 0. The summed E-state index contributed by atoms with van der Waals surface area (Å²) in [5, 5.41) is 6.47. The fourth-order valence-corrected chi connectivity index (χ4v) is 3.15. The first-order chi connectivity index (χ1) is 8.21. The number of carbonyl (C=O) groups is 1. The summed E-state index contributed by atoms with van der Waals surface area (Å²) < 4.78 is 0. The largest absolute Gasteiger partial charge is 0.356 e. The molecule has 1 heterocycles. The van der Waals surface area contributed by atoms with Gasteiger partial charge in [0.15, 0.2) is 0 Å². The number of nitrogens with one attached hydrogen (secondary N) is 2. The molecule has 3 nitrogen and oxygen atoms in total. The maximum Gasteiger partial charge on any atom is 0.227 e. The van der Waals surface area contributed by atoms with Crippen LogP contribution in [0.1, 0.15) is 51.9 Å².